The number of nitrogen functional groups attached to an aromatic ring is 1. The number of aliphatic hydroxyl groups is 1. The van der Waals surface area contributed by atoms with E-state index in [2.05, 4.69) is 4.72 Å². The SMILES string of the molecule is CC(O)CC(C)NS(=O)(=O)c1ccc(O)c(N)c1. The van der Waals surface area contributed by atoms with Crippen LogP contribution in [-0.4, -0.2) is 30.8 Å². The van der Waals surface area contributed by atoms with Gasteiger partial charge in [-0.3, -0.25) is 0 Å². The van der Waals surface area contributed by atoms with E-state index in [1.54, 1.807) is 13.8 Å². The van der Waals surface area contributed by atoms with E-state index in [1.165, 1.54) is 18.2 Å². The van der Waals surface area contributed by atoms with Gasteiger partial charge in [0.05, 0.1) is 16.7 Å². The van der Waals surface area contributed by atoms with Crippen LogP contribution in [0.3, 0.4) is 0 Å². The molecule has 1 rings (SSSR count). The minimum atomic E-state index is -3.70. The average Bonchev–Trinajstić information content (AvgIpc) is 2.19. The lowest BCUT2D eigenvalue weighted by atomic mass is 10.2. The van der Waals surface area contributed by atoms with Crippen molar-refractivity contribution in [3.63, 3.8) is 0 Å². The monoisotopic (exact) mass is 274 g/mol. The van der Waals surface area contributed by atoms with Crippen LogP contribution >= 0.6 is 0 Å². The largest absolute Gasteiger partial charge is 0.506 e. The van der Waals surface area contributed by atoms with Crippen molar-refractivity contribution in [2.75, 3.05) is 5.73 Å². The van der Waals surface area contributed by atoms with Crippen LogP contribution in [0.25, 0.3) is 0 Å². The summed E-state index contributed by atoms with van der Waals surface area (Å²) >= 11 is 0. The minimum Gasteiger partial charge on any atom is -0.506 e. The normalized spacial score (nSPS) is 15.3. The highest BCUT2D eigenvalue weighted by Crippen LogP contribution is 2.23. The number of hydrogen-bond acceptors (Lipinski definition) is 5. The molecule has 0 fully saturated rings. The number of rotatable bonds is 5. The molecular formula is C11H18N2O4S. The van der Waals surface area contributed by atoms with E-state index in [0.29, 0.717) is 6.42 Å². The van der Waals surface area contributed by atoms with Crippen LogP contribution < -0.4 is 10.5 Å². The standard InChI is InChI=1S/C11H18N2O4S/c1-7(5-8(2)14)13-18(16,17)9-3-4-11(15)10(12)6-9/h3-4,6-8,13-15H,5,12H2,1-2H3. The van der Waals surface area contributed by atoms with Gasteiger partial charge in [0.15, 0.2) is 0 Å². The maximum atomic E-state index is 12.0. The van der Waals surface area contributed by atoms with Crippen LogP contribution in [0.1, 0.15) is 20.3 Å². The lowest BCUT2D eigenvalue weighted by Crippen LogP contribution is -2.34. The first-order valence-corrected chi connectivity index (χ1v) is 6.99. The quantitative estimate of drug-likeness (QED) is 0.459. The van der Waals surface area contributed by atoms with Gasteiger partial charge in [-0.25, -0.2) is 13.1 Å². The fraction of sp³-hybridized carbons (Fsp3) is 0.455. The molecule has 7 heteroatoms. The fourth-order valence-corrected chi connectivity index (χ4v) is 2.88. The van der Waals surface area contributed by atoms with E-state index in [0.717, 1.165) is 0 Å². The summed E-state index contributed by atoms with van der Waals surface area (Å²) in [5.41, 5.74) is 5.45. The lowest BCUT2D eigenvalue weighted by Gasteiger charge is -2.15. The number of nitrogens with one attached hydrogen (secondary N) is 1. The second kappa shape index (κ2) is 5.55. The fourth-order valence-electron chi connectivity index (χ4n) is 1.59. The number of phenols is 1. The Morgan fingerprint density at radius 2 is 2.00 bits per heavy atom. The number of aliphatic hydroxyl groups excluding tert-OH is 1. The van der Waals surface area contributed by atoms with Gasteiger partial charge in [-0.2, -0.15) is 0 Å². The highest BCUT2D eigenvalue weighted by molar-refractivity contribution is 7.89. The van der Waals surface area contributed by atoms with E-state index in [9.17, 15) is 18.6 Å². The Morgan fingerprint density at radius 3 is 2.50 bits per heavy atom. The molecule has 0 amide bonds. The summed E-state index contributed by atoms with van der Waals surface area (Å²) < 4.78 is 26.3. The number of sulfonamides is 1. The van der Waals surface area contributed by atoms with Crippen LogP contribution in [0.15, 0.2) is 23.1 Å². The maximum absolute atomic E-state index is 12.0. The van der Waals surface area contributed by atoms with Gasteiger partial charge in [0.1, 0.15) is 5.75 Å². The first kappa shape index (κ1) is 14.7. The molecule has 0 saturated heterocycles. The van der Waals surface area contributed by atoms with Crippen LogP contribution in [0.2, 0.25) is 0 Å². The summed E-state index contributed by atoms with van der Waals surface area (Å²) in [6.45, 7) is 3.25. The predicted octanol–water partition coefficient (Wildman–Crippen LogP) is 0.412. The van der Waals surface area contributed by atoms with Crippen molar-refractivity contribution in [1.82, 2.24) is 4.72 Å². The molecule has 18 heavy (non-hydrogen) atoms. The smallest absolute Gasteiger partial charge is 0.240 e. The number of phenolic OH excluding ortho intramolecular Hbond substituents is 1. The molecule has 0 aliphatic rings. The van der Waals surface area contributed by atoms with E-state index in [4.69, 9.17) is 5.73 Å². The van der Waals surface area contributed by atoms with Crippen molar-refractivity contribution in [2.24, 2.45) is 0 Å². The Morgan fingerprint density at radius 1 is 1.39 bits per heavy atom. The molecule has 2 atom stereocenters. The zero-order valence-electron chi connectivity index (χ0n) is 10.3. The van der Waals surface area contributed by atoms with Gasteiger partial charge in [0.2, 0.25) is 10.0 Å². The van der Waals surface area contributed by atoms with Crippen molar-refractivity contribution in [2.45, 2.75) is 37.3 Å². The van der Waals surface area contributed by atoms with Crippen molar-refractivity contribution in [1.29, 1.82) is 0 Å². The molecular weight excluding hydrogens is 256 g/mol. The molecule has 1 aromatic rings. The van der Waals surface area contributed by atoms with Crippen molar-refractivity contribution in [3.05, 3.63) is 18.2 Å². The Bertz CT molecular complexity index is 514. The van der Waals surface area contributed by atoms with Crippen LogP contribution in [-0.2, 0) is 10.0 Å². The third kappa shape index (κ3) is 3.86. The first-order chi connectivity index (χ1) is 8.22. The lowest BCUT2D eigenvalue weighted by molar-refractivity contribution is 0.175. The number of nitrogens with two attached hydrogens (primary N) is 1. The highest BCUT2D eigenvalue weighted by Gasteiger charge is 2.19. The second-order valence-electron chi connectivity index (χ2n) is 4.33. The summed E-state index contributed by atoms with van der Waals surface area (Å²) in [6.07, 6.45) is -0.278. The van der Waals surface area contributed by atoms with E-state index in [1.807, 2.05) is 0 Å². The number of anilines is 1. The Labute approximate surface area is 106 Å². The summed E-state index contributed by atoms with van der Waals surface area (Å²) in [5, 5.41) is 18.4. The molecule has 0 radical (unpaired) electrons. The van der Waals surface area contributed by atoms with Crippen LogP contribution in [0.4, 0.5) is 5.69 Å². The molecule has 0 aliphatic heterocycles. The van der Waals surface area contributed by atoms with Gasteiger partial charge >= 0.3 is 0 Å². The van der Waals surface area contributed by atoms with Crippen molar-refractivity contribution >= 4 is 15.7 Å². The van der Waals surface area contributed by atoms with E-state index in [-0.39, 0.29) is 16.3 Å². The number of hydrogen-bond donors (Lipinski definition) is 4. The summed E-state index contributed by atoms with van der Waals surface area (Å²) in [4.78, 5) is -0.0183. The van der Waals surface area contributed by atoms with Crippen molar-refractivity contribution < 1.29 is 18.6 Å². The topological polar surface area (TPSA) is 113 Å². The Kier molecular flexibility index (Phi) is 4.55. The maximum Gasteiger partial charge on any atom is 0.240 e. The zero-order chi connectivity index (χ0) is 13.9. The average molecular weight is 274 g/mol. The molecule has 0 saturated carbocycles. The molecule has 0 heterocycles. The molecule has 0 aliphatic carbocycles. The van der Waals surface area contributed by atoms with Gasteiger partial charge in [0.25, 0.3) is 0 Å². The third-order valence-electron chi connectivity index (χ3n) is 2.36. The number of benzene rings is 1. The van der Waals surface area contributed by atoms with Crippen molar-refractivity contribution in [3.8, 4) is 5.75 Å². The third-order valence-corrected chi connectivity index (χ3v) is 3.95. The predicted molar refractivity (Wildman–Crippen MR) is 68.6 cm³/mol. The number of aromatic hydroxyl groups is 1. The molecule has 6 nitrogen and oxygen atoms in total. The molecule has 5 N–H and O–H groups in total. The molecule has 0 spiro atoms. The molecule has 1 aromatic carbocycles. The molecule has 102 valence electrons. The zero-order valence-corrected chi connectivity index (χ0v) is 11.1. The first-order valence-electron chi connectivity index (χ1n) is 5.51. The van der Waals surface area contributed by atoms with E-state index < -0.39 is 22.2 Å². The minimum absolute atomic E-state index is 0.000976. The molecule has 0 aromatic heterocycles. The van der Waals surface area contributed by atoms with Gasteiger partial charge < -0.3 is 15.9 Å². The van der Waals surface area contributed by atoms with Crippen LogP contribution in [0, 0.1) is 0 Å². The Balaban J connectivity index is 2.89. The second-order valence-corrected chi connectivity index (χ2v) is 6.04. The summed E-state index contributed by atoms with van der Waals surface area (Å²) in [5.74, 6) is -0.161. The van der Waals surface area contributed by atoms with Gasteiger partial charge in [-0.05, 0) is 38.5 Å². The van der Waals surface area contributed by atoms with Gasteiger partial charge in [-0.15, -0.1) is 0 Å². The molecule has 0 bridgehead atoms. The summed E-state index contributed by atoms with van der Waals surface area (Å²) in [6, 6.07) is 3.28. The highest BCUT2D eigenvalue weighted by atomic mass is 32.2. The molecule has 2 unspecified atom stereocenters. The van der Waals surface area contributed by atoms with Gasteiger partial charge in [0, 0.05) is 6.04 Å². The summed E-state index contributed by atoms with van der Waals surface area (Å²) in [7, 11) is -3.70. The van der Waals surface area contributed by atoms with Crippen LogP contribution in [0.5, 0.6) is 5.75 Å². The van der Waals surface area contributed by atoms with Gasteiger partial charge in [-0.1, -0.05) is 0 Å². The van der Waals surface area contributed by atoms with E-state index >= 15 is 0 Å². The Hall–Kier alpha value is -1.31.